The number of rotatable bonds is 4. The predicted molar refractivity (Wildman–Crippen MR) is 84.4 cm³/mol. The fourth-order valence-corrected chi connectivity index (χ4v) is 3.25. The minimum absolute atomic E-state index is 0.0930. The summed E-state index contributed by atoms with van der Waals surface area (Å²) in [5.41, 5.74) is 0.964. The van der Waals surface area contributed by atoms with Gasteiger partial charge in [0.05, 0.1) is 25.4 Å². The lowest BCUT2D eigenvalue weighted by atomic mass is 9.85. The summed E-state index contributed by atoms with van der Waals surface area (Å²) in [6.07, 6.45) is -0.782. The fourth-order valence-electron chi connectivity index (χ4n) is 3.25. The van der Waals surface area contributed by atoms with Gasteiger partial charge in [0, 0.05) is 19.0 Å². The molecule has 0 bridgehead atoms. The largest absolute Gasteiger partial charge is 0.508 e. The van der Waals surface area contributed by atoms with Gasteiger partial charge in [-0.2, -0.15) is 0 Å². The smallest absolute Gasteiger partial charge is 0.163 e. The zero-order chi connectivity index (χ0) is 16.4. The van der Waals surface area contributed by atoms with E-state index in [1.165, 1.54) is 0 Å². The molecule has 6 heteroatoms. The van der Waals surface area contributed by atoms with Gasteiger partial charge in [-0.1, -0.05) is 12.1 Å². The average molecular weight is 323 g/mol. The number of phenols is 1. The Bertz CT molecular complexity index is 518. The molecule has 1 aromatic carbocycles. The zero-order valence-corrected chi connectivity index (χ0v) is 13.6. The van der Waals surface area contributed by atoms with E-state index < -0.39 is 11.9 Å². The van der Waals surface area contributed by atoms with Crippen molar-refractivity contribution in [1.82, 2.24) is 5.32 Å². The summed E-state index contributed by atoms with van der Waals surface area (Å²) in [6, 6.07) is 6.95. The molecule has 0 aromatic heterocycles. The number of ether oxygens (including phenoxy) is 3. The van der Waals surface area contributed by atoms with Crippen molar-refractivity contribution in [3.05, 3.63) is 29.8 Å². The topological polar surface area (TPSA) is 80.2 Å². The molecule has 3 N–H and O–H groups in total. The molecule has 6 nitrogen and oxygen atoms in total. The maximum absolute atomic E-state index is 10.4. The van der Waals surface area contributed by atoms with Gasteiger partial charge < -0.3 is 29.7 Å². The second kappa shape index (κ2) is 6.75. The molecule has 2 fully saturated rings. The molecular formula is C17H25NO5. The van der Waals surface area contributed by atoms with Crippen molar-refractivity contribution in [3.63, 3.8) is 0 Å². The third-order valence-corrected chi connectivity index (χ3v) is 4.36. The number of β-amino-alcohol motifs (C(OH)–C–C–N with tert-alkyl or cyclic N) is 1. The molecule has 2 aliphatic rings. The Morgan fingerprint density at radius 2 is 2.00 bits per heavy atom. The molecular weight excluding hydrogens is 298 g/mol. The molecule has 0 radical (unpaired) electrons. The van der Waals surface area contributed by atoms with Crippen molar-refractivity contribution in [2.24, 2.45) is 0 Å². The average Bonchev–Trinajstić information content (AvgIpc) is 2.86. The third-order valence-electron chi connectivity index (χ3n) is 4.36. The summed E-state index contributed by atoms with van der Waals surface area (Å²) >= 11 is 0. The molecule has 3 rings (SSSR count). The van der Waals surface area contributed by atoms with Crippen LogP contribution in [0.3, 0.4) is 0 Å². The van der Waals surface area contributed by atoms with Gasteiger partial charge in [-0.3, -0.25) is 0 Å². The van der Waals surface area contributed by atoms with Gasteiger partial charge in [0.1, 0.15) is 11.9 Å². The van der Waals surface area contributed by atoms with E-state index in [1.54, 1.807) is 12.1 Å². The first-order chi connectivity index (χ1) is 10.9. The third kappa shape index (κ3) is 4.02. The lowest BCUT2D eigenvalue weighted by molar-refractivity contribution is -0.150. The molecule has 4 atom stereocenters. The van der Waals surface area contributed by atoms with Crippen molar-refractivity contribution in [3.8, 4) is 5.75 Å². The number of hydrogen-bond donors (Lipinski definition) is 3. The summed E-state index contributed by atoms with van der Waals surface area (Å²) in [5, 5.41) is 23.0. The second-order valence-corrected chi connectivity index (χ2v) is 6.67. The van der Waals surface area contributed by atoms with Crippen molar-refractivity contribution in [1.29, 1.82) is 0 Å². The number of phenolic OH excluding ortho intramolecular Hbond substituents is 1. The van der Waals surface area contributed by atoms with Crippen LogP contribution in [0.1, 0.15) is 25.3 Å². The number of piperidine rings is 1. The molecule has 2 saturated heterocycles. The normalized spacial score (nSPS) is 33.7. The molecule has 23 heavy (non-hydrogen) atoms. The first-order valence-corrected chi connectivity index (χ1v) is 8.06. The van der Waals surface area contributed by atoms with Gasteiger partial charge >= 0.3 is 0 Å². The van der Waals surface area contributed by atoms with Crippen molar-refractivity contribution in [2.45, 2.75) is 43.9 Å². The minimum atomic E-state index is -0.561. The Morgan fingerprint density at radius 3 is 2.65 bits per heavy atom. The van der Waals surface area contributed by atoms with Crippen LogP contribution in [-0.4, -0.2) is 60.6 Å². The van der Waals surface area contributed by atoms with Crippen LogP contribution >= 0.6 is 0 Å². The lowest BCUT2D eigenvalue weighted by Gasteiger charge is -2.36. The van der Waals surface area contributed by atoms with Crippen LogP contribution in [0.15, 0.2) is 24.3 Å². The number of hydrogen-bond acceptors (Lipinski definition) is 6. The number of aliphatic hydroxyl groups excluding tert-OH is 1. The highest BCUT2D eigenvalue weighted by Crippen LogP contribution is 2.30. The van der Waals surface area contributed by atoms with E-state index in [2.05, 4.69) is 5.32 Å². The van der Waals surface area contributed by atoms with Crippen LogP contribution in [0.5, 0.6) is 5.75 Å². The van der Waals surface area contributed by atoms with Gasteiger partial charge in [-0.15, -0.1) is 0 Å². The lowest BCUT2D eigenvalue weighted by Crippen LogP contribution is -2.50. The molecule has 2 aliphatic heterocycles. The van der Waals surface area contributed by atoms with Gasteiger partial charge in [0.2, 0.25) is 0 Å². The summed E-state index contributed by atoms with van der Waals surface area (Å²) in [4.78, 5) is 0. The van der Waals surface area contributed by atoms with E-state index in [4.69, 9.17) is 14.2 Å². The maximum Gasteiger partial charge on any atom is 0.163 e. The number of aromatic hydroxyl groups is 1. The Kier molecular flexibility index (Phi) is 4.89. The van der Waals surface area contributed by atoms with E-state index in [1.807, 2.05) is 26.0 Å². The van der Waals surface area contributed by atoms with E-state index >= 15 is 0 Å². The van der Waals surface area contributed by atoms with Crippen LogP contribution in [0.25, 0.3) is 0 Å². The Balaban J connectivity index is 1.65. The summed E-state index contributed by atoms with van der Waals surface area (Å²) in [6.45, 7) is 5.91. The minimum Gasteiger partial charge on any atom is -0.508 e. The van der Waals surface area contributed by atoms with E-state index in [0.717, 1.165) is 5.56 Å². The quantitative estimate of drug-likeness (QED) is 0.766. The molecule has 1 aromatic rings. The zero-order valence-electron chi connectivity index (χ0n) is 13.6. The van der Waals surface area contributed by atoms with E-state index in [0.29, 0.717) is 26.3 Å². The van der Waals surface area contributed by atoms with E-state index in [9.17, 15) is 10.2 Å². The first kappa shape index (κ1) is 16.7. The highest BCUT2D eigenvalue weighted by Gasteiger charge is 2.37. The molecule has 0 unspecified atom stereocenters. The van der Waals surface area contributed by atoms with Crippen molar-refractivity contribution >= 4 is 0 Å². The monoisotopic (exact) mass is 323 g/mol. The van der Waals surface area contributed by atoms with Crippen LogP contribution in [0.2, 0.25) is 0 Å². The molecule has 0 saturated carbocycles. The Labute approximate surface area is 136 Å². The SMILES string of the molecule is CC1(C)OC[C@H](CO[C@@H]2CNC[C@H](O)[C@H]2c2ccc(O)cc2)O1. The first-order valence-electron chi connectivity index (χ1n) is 8.06. The summed E-state index contributed by atoms with van der Waals surface area (Å²) < 4.78 is 17.3. The van der Waals surface area contributed by atoms with Gasteiger partial charge in [-0.25, -0.2) is 0 Å². The molecule has 0 amide bonds. The summed E-state index contributed by atoms with van der Waals surface area (Å²) in [5.74, 6) is -0.477. The highest BCUT2D eigenvalue weighted by atomic mass is 16.7. The maximum atomic E-state index is 10.4. The fraction of sp³-hybridized carbons (Fsp3) is 0.647. The standard InChI is InChI=1S/C17H25NO5/c1-17(2)22-10-13(23-17)9-21-15-8-18-7-14(20)16(15)11-3-5-12(19)6-4-11/h3-6,13-16,18-20H,7-10H2,1-2H3/t13-,14-,15+,16+/m0/s1. The number of benzene rings is 1. The molecule has 0 aliphatic carbocycles. The highest BCUT2D eigenvalue weighted by molar-refractivity contribution is 5.30. The molecule has 0 spiro atoms. The second-order valence-electron chi connectivity index (χ2n) is 6.67. The van der Waals surface area contributed by atoms with Gasteiger partial charge in [0.15, 0.2) is 5.79 Å². The van der Waals surface area contributed by atoms with Crippen molar-refractivity contribution in [2.75, 3.05) is 26.3 Å². The van der Waals surface area contributed by atoms with Gasteiger partial charge in [0.25, 0.3) is 0 Å². The number of nitrogens with one attached hydrogen (secondary N) is 1. The van der Waals surface area contributed by atoms with Crippen LogP contribution in [-0.2, 0) is 14.2 Å². The Hall–Kier alpha value is -1.18. The van der Waals surface area contributed by atoms with Crippen LogP contribution < -0.4 is 5.32 Å². The van der Waals surface area contributed by atoms with Crippen LogP contribution in [0.4, 0.5) is 0 Å². The van der Waals surface area contributed by atoms with Crippen LogP contribution in [0, 0.1) is 0 Å². The molecule has 128 valence electrons. The molecule has 2 heterocycles. The van der Waals surface area contributed by atoms with Crippen molar-refractivity contribution < 1.29 is 24.4 Å². The number of aliphatic hydroxyl groups is 1. The summed E-state index contributed by atoms with van der Waals surface area (Å²) in [7, 11) is 0. The predicted octanol–water partition coefficient (Wildman–Crippen LogP) is 0.977. The van der Waals surface area contributed by atoms with Gasteiger partial charge in [-0.05, 0) is 31.5 Å². The Morgan fingerprint density at radius 1 is 1.26 bits per heavy atom. The van der Waals surface area contributed by atoms with E-state index in [-0.39, 0.29) is 23.9 Å².